The van der Waals surface area contributed by atoms with Crippen LogP contribution in [0, 0.1) is 0 Å². The number of thiol groups is 1. The van der Waals surface area contributed by atoms with Crippen molar-refractivity contribution in [1.82, 2.24) is 0 Å². The molecule has 0 unspecified atom stereocenters. The summed E-state index contributed by atoms with van der Waals surface area (Å²) in [6, 6.07) is 3.13. The number of hydrogen-bond donors (Lipinski definition) is 2. The van der Waals surface area contributed by atoms with Gasteiger partial charge in [0, 0.05) is 5.75 Å². The molecule has 1 aliphatic rings. The van der Waals surface area contributed by atoms with Crippen LogP contribution < -0.4 is 0 Å². The molecule has 0 atom stereocenters. The number of phenolic OH excluding ortho intramolecular Hbond substituents is 1. The van der Waals surface area contributed by atoms with Crippen LogP contribution in [0.4, 0.5) is 13.2 Å². The molecule has 8 heteroatoms. The molecule has 0 aromatic heterocycles. The van der Waals surface area contributed by atoms with Crippen LogP contribution in [0.2, 0.25) is 0 Å². The standard InChI is InChI=1S/C16H20BF3O3S/c1-14(2)15(3,4)23-17(22-14)11(9-24)7-10-5-6-12(21)8-13(10)16(18,19)20/h5-8,21,24H,9H2,1-4H3. The fourth-order valence-corrected chi connectivity index (χ4v) is 2.54. The molecular formula is C16H20BF3O3S. The molecule has 1 heterocycles. The largest absolute Gasteiger partial charge is 0.508 e. The Labute approximate surface area is 145 Å². The zero-order chi connectivity index (χ0) is 18.3. The fourth-order valence-electron chi connectivity index (χ4n) is 2.30. The van der Waals surface area contributed by atoms with Gasteiger partial charge in [-0.05, 0) is 50.9 Å². The summed E-state index contributed by atoms with van der Waals surface area (Å²) in [7, 11) is -0.776. The van der Waals surface area contributed by atoms with Gasteiger partial charge in [-0.1, -0.05) is 12.1 Å². The Morgan fingerprint density at radius 1 is 1.21 bits per heavy atom. The molecule has 1 N–H and O–H groups in total. The van der Waals surface area contributed by atoms with Gasteiger partial charge < -0.3 is 14.4 Å². The Morgan fingerprint density at radius 2 is 1.75 bits per heavy atom. The molecule has 0 amide bonds. The van der Waals surface area contributed by atoms with Gasteiger partial charge in [-0.3, -0.25) is 0 Å². The number of aromatic hydroxyl groups is 1. The van der Waals surface area contributed by atoms with E-state index in [1.165, 1.54) is 18.2 Å². The maximum atomic E-state index is 13.2. The van der Waals surface area contributed by atoms with Gasteiger partial charge in [0.15, 0.2) is 0 Å². The molecule has 1 aromatic carbocycles. The van der Waals surface area contributed by atoms with Crippen LogP contribution in [-0.2, 0) is 15.5 Å². The molecule has 1 aliphatic heterocycles. The molecule has 0 radical (unpaired) electrons. The van der Waals surface area contributed by atoms with E-state index in [4.69, 9.17) is 9.31 Å². The molecule has 1 saturated heterocycles. The first-order valence-corrected chi connectivity index (χ1v) is 8.08. The Kier molecular flexibility index (Phi) is 5.05. The van der Waals surface area contributed by atoms with Crippen molar-refractivity contribution in [2.75, 3.05) is 5.75 Å². The van der Waals surface area contributed by atoms with Crippen LogP contribution in [0.3, 0.4) is 0 Å². The summed E-state index contributed by atoms with van der Waals surface area (Å²) in [6.45, 7) is 7.46. The summed E-state index contributed by atoms with van der Waals surface area (Å²) >= 11 is 4.20. The first-order chi connectivity index (χ1) is 10.9. The third-order valence-corrected chi connectivity index (χ3v) is 4.79. The highest BCUT2D eigenvalue weighted by atomic mass is 32.1. The highest BCUT2D eigenvalue weighted by Crippen LogP contribution is 2.40. The SMILES string of the molecule is CC1(C)OB(C(=Cc2ccc(O)cc2C(F)(F)F)CS)OC1(C)C. The first-order valence-electron chi connectivity index (χ1n) is 7.44. The zero-order valence-corrected chi connectivity index (χ0v) is 14.8. The smallest absolute Gasteiger partial charge is 0.491 e. The minimum absolute atomic E-state index is 0.0703. The Balaban J connectivity index is 2.43. The van der Waals surface area contributed by atoms with E-state index in [0.29, 0.717) is 11.5 Å². The summed E-state index contributed by atoms with van der Waals surface area (Å²) in [5.41, 5.74) is -1.70. The van der Waals surface area contributed by atoms with Crippen molar-refractivity contribution in [1.29, 1.82) is 0 Å². The van der Waals surface area contributed by atoms with Crippen LogP contribution in [0.5, 0.6) is 5.75 Å². The van der Waals surface area contributed by atoms with E-state index in [0.717, 1.165) is 0 Å². The average Bonchev–Trinajstić information content (AvgIpc) is 2.64. The Bertz CT molecular complexity index is 640. The van der Waals surface area contributed by atoms with Gasteiger partial charge >= 0.3 is 13.3 Å². The summed E-state index contributed by atoms with van der Waals surface area (Å²) in [6.07, 6.45) is -3.22. The molecule has 0 bridgehead atoms. The topological polar surface area (TPSA) is 38.7 Å². The number of rotatable bonds is 3. The number of phenols is 1. The fraction of sp³-hybridized carbons (Fsp3) is 0.500. The van der Waals surface area contributed by atoms with Gasteiger partial charge in [-0.25, -0.2) is 0 Å². The van der Waals surface area contributed by atoms with Gasteiger partial charge in [0.25, 0.3) is 0 Å². The maximum absolute atomic E-state index is 13.2. The second-order valence-electron chi connectivity index (χ2n) is 6.73. The van der Waals surface area contributed by atoms with E-state index in [2.05, 4.69) is 12.6 Å². The predicted octanol–water partition coefficient (Wildman–Crippen LogP) is 4.36. The molecule has 0 saturated carbocycles. The highest BCUT2D eigenvalue weighted by Gasteiger charge is 2.52. The molecule has 1 fully saturated rings. The van der Waals surface area contributed by atoms with Crippen LogP contribution >= 0.6 is 12.6 Å². The minimum atomic E-state index is -4.58. The lowest BCUT2D eigenvalue weighted by atomic mass is 9.78. The molecule has 0 aliphatic carbocycles. The monoisotopic (exact) mass is 360 g/mol. The van der Waals surface area contributed by atoms with E-state index in [1.807, 2.05) is 27.7 Å². The Morgan fingerprint density at radius 3 is 2.21 bits per heavy atom. The van der Waals surface area contributed by atoms with Crippen LogP contribution in [0.15, 0.2) is 23.7 Å². The van der Waals surface area contributed by atoms with Crippen molar-refractivity contribution in [3.8, 4) is 5.75 Å². The quantitative estimate of drug-likeness (QED) is 0.622. The first kappa shape index (κ1) is 19.2. The zero-order valence-electron chi connectivity index (χ0n) is 13.9. The average molecular weight is 360 g/mol. The van der Waals surface area contributed by atoms with Gasteiger partial charge in [-0.2, -0.15) is 25.8 Å². The maximum Gasteiger partial charge on any atom is 0.491 e. The van der Waals surface area contributed by atoms with Crippen molar-refractivity contribution in [2.45, 2.75) is 45.1 Å². The van der Waals surface area contributed by atoms with E-state index >= 15 is 0 Å². The summed E-state index contributed by atoms with van der Waals surface area (Å²) in [5, 5.41) is 9.36. The highest BCUT2D eigenvalue weighted by molar-refractivity contribution is 7.80. The lowest BCUT2D eigenvalue weighted by molar-refractivity contribution is -0.137. The molecule has 24 heavy (non-hydrogen) atoms. The number of halogens is 3. The predicted molar refractivity (Wildman–Crippen MR) is 91.0 cm³/mol. The Hall–Kier alpha value is -1.12. The van der Waals surface area contributed by atoms with Crippen molar-refractivity contribution in [3.05, 3.63) is 34.8 Å². The van der Waals surface area contributed by atoms with Crippen molar-refractivity contribution in [3.63, 3.8) is 0 Å². The van der Waals surface area contributed by atoms with Crippen LogP contribution in [0.25, 0.3) is 6.08 Å². The number of alkyl halides is 3. The third kappa shape index (κ3) is 3.76. The second kappa shape index (κ2) is 6.31. The lowest BCUT2D eigenvalue weighted by Gasteiger charge is -2.32. The normalized spacial score (nSPS) is 20.5. The van der Waals surface area contributed by atoms with Crippen molar-refractivity contribution < 1.29 is 27.6 Å². The summed E-state index contributed by atoms with van der Waals surface area (Å²) in [5.74, 6) is -0.267. The van der Waals surface area contributed by atoms with E-state index in [-0.39, 0.29) is 11.3 Å². The van der Waals surface area contributed by atoms with E-state index < -0.39 is 35.8 Å². The minimum Gasteiger partial charge on any atom is -0.508 e. The van der Waals surface area contributed by atoms with Gasteiger partial charge in [-0.15, -0.1) is 0 Å². The molecule has 0 spiro atoms. The molecule has 132 valence electrons. The van der Waals surface area contributed by atoms with Gasteiger partial charge in [0.05, 0.1) is 16.8 Å². The summed E-state index contributed by atoms with van der Waals surface area (Å²) < 4.78 is 51.3. The van der Waals surface area contributed by atoms with E-state index in [1.54, 1.807) is 0 Å². The molecular weight excluding hydrogens is 340 g/mol. The van der Waals surface area contributed by atoms with Crippen molar-refractivity contribution in [2.24, 2.45) is 0 Å². The molecule has 3 nitrogen and oxygen atoms in total. The van der Waals surface area contributed by atoms with E-state index in [9.17, 15) is 18.3 Å². The molecule has 1 aromatic rings. The van der Waals surface area contributed by atoms with Gasteiger partial charge in [0.2, 0.25) is 0 Å². The third-order valence-electron chi connectivity index (χ3n) is 4.42. The molecule has 2 rings (SSSR count). The van der Waals surface area contributed by atoms with Crippen molar-refractivity contribution >= 4 is 25.8 Å². The summed E-state index contributed by atoms with van der Waals surface area (Å²) in [4.78, 5) is 0. The van der Waals surface area contributed by atoms with Gasteiger partial charge in [0.1, 0.15) is 5.75 Å². The number of hydrogen-bond acceptors (Lipinski definition) is 4. The van der Waals surface area contributed by atoms with Crippen LogP contribution in [0.1, 0.15) is 38.8 Å². The number of benzene rings is 1. The van der Waals surface area contributed by atoms with Crippen LogP contribution in [-0.4, -0.2) is 29.2 Å². The lowest BCUT2D eigenvalue weighted by Crippen LogP contribution is -2.41. The second-order valence-corrected chi connectivity index (χ2v) is 7.05.